The van der Waals surface area contributed by atoms with Crippen LogP contribution in [0.1, 0.15) is 59.8 Å². The van der Waals surface area contributed by atoms with E-state index in [0.29, 0.717) is 11.7 Å². The van der Waals surface area contributed by atoms with Crippen LogP contribution in [0.25, 0.3) is 0 Å². The fraction of sp³-hybridized carbons (Fsp3) is 0.917. The molecule has 0 rings (SSSR count). The Morgan fingerprint density at radius 3 is 2.31 bits per heavy atom. The Balaban J connectivity index is 3.49. The Kier molecular flexibility index (Phi) is 6.93. The van der Waals surface area contributed by atoms with Crippen LogP contribution in [0.3, 0.4) is 0 Å². The second kappa shape index (κ2) is 7.11. The number of rotatable bonds is 7. The van der Waals surface area contributed by atoms with Crippen molar-refractivity contribution in [2.75, 3.05) is 0 Å². The molecule has 0 heterocycles. The van der Waals surface area contributed by atoms with Gasteiger partial charge in [0.1, 0.15) is 5.78 Å². The average molecular weight is 184 g/mol. The van der Waals surface area contributed by atoms with E-state index < -0.39 is 0 Å². The topological polar surface area (TPSA) is 17.1 Å². The van der Waals surface area contributed by atoms with E-state index in [1.807, 2.05) is 6.92 Å². The maximum absolute atomic E-state index is 11.0. The monoisotopic (exact) mass is 184 g/mol. The number of hydrogen-bond donors (Lipinski definition) is 0. The third-order valence-corrected chi connectivity index (χ3v) is 2.75. The van der Waals surface area contributed by atoms with Gasteiger partial charge in [0.15, 0.2) is 0 Å². The molecule has 0 aromatic heterocycles. The lowest BCUT2D eigenvalue weighted by Gasteiger charge is -2.14. The Hall–Kier alpha value is -0.330. The fourth-order valence-corrected chi connectivity index (χ4v) is 1.63. The minimum atomic E-state index is 0.261. The van der Waals surface area contributed by atoms with Gasteiger partial charge >= 0.3 is 0 Å². The van der Waals surface area contributed by atoms with Gasteiger partial charge in [-0.05, 0) is 19.3 Å². The van der Waals surface area contributed by atoms with Gasteiger partial charge in [-0.15, -0.1) is 0 Å². The molecule has 13 heavy (non-hydrogen) atoms. The minimum absolute atomic E-state index is 0.261. The van der Waals surface area contributed by atoms with Crippen LogP contribution in [0.5, 0.6) is 0 Å². The maximum Gasteiger partial charge on any atom is 0.132 e. The third kappa shape index (κ3) is 6.80. The molecule has 0 spiro atoms. The van der Waals surface area contributed by atoms with Gasteiger partial charge in [0.05, 0.1) is 0 Å². The molecule has 0 fully saturated rings. The zero-order valence-corrected chi connectivity index (χ0v) is 9.60. The van der Waals surface area contributed by atoms with Gasteiger partial charge in [-0.2, -0.15) is 0 Å². The third-order valence-electron chi connectivity index (χ3n) is 2.75. The van der Waals surface area contributed by atoms with Crippen molar-refractivity contribution in [2.24, 2.45) is 11.8 Å². The van der Waals surface area contributed by atoms with Crippen LogP contribution in [-0.2, 0) is 4.79 Å². The lowest BCUT2D eigenvalue weighted by Crippen LogP contribution is -2.10. The van der Waals surface area contributed by atoms with E-state index >= 15 is 0 Å². The van der Waals surface area contributed by atoms with Crippen molar-refractivity contribution in [3.8, 4) is 0 Å². The van der Waals surface area contributed by atoms with E-state index in [9.17, 15) is 4.79 Å². The molecule has 0 amide bonds. The van der Waals surface area contributed by atoms with Crippen molar-refractivity contribution in [1.29, 1.82) is 0 Å². The number of carbonyl (C=O) groups is 1. The smallest absolute Gasteiger partial charge is 0.132 e. The fourth-order valence-electron chi connectivity index (χ4n) is 1.63. The van der Waals surface area contributed by atoms with E-state index in [2.05, 4.69) is 13.8 Å². The molecule has 0 aliphatic carbocycles. The molecule has 0 aliphatic heterocycles. The molecule has 0 saturated carbocycles. The molecule has 78 valence electrons. The lowest BCUT2D eigenvalue weighted by atomic mass is 9.91. The van der Waals surface area contributed by atoms with Gasteiger partial charge in [0, 0.05) is 5.92 Å². The standard InChI is InChI=1S/C12H24O/c1-5-6-7-8-10(2)9-11(3)12(4)13/h10-11H,5-9H2,1-4H3. The summed E-state index contributed by atoms with van der Waals surface area (Å²) >= 11 is 0. The van der Waals surface area contributed by atoms with Crippen LogP contribution < -0.4 is 0 Å². The normalized spacial score (nSPS) is 15.4. The van der Waals surface area contributed by atoms with E-state index in [4.69, 9.17) is 0 Å². The summed E-state index contributed by atoms with van der Waals surface area (Å²) in [6, 6.07) is 0. The van der Waals surface area contributed by atoms with Crippen molar-refractivity contribution in [1.82, 2.24) is 0 Å². The highest BCUT2D eigenvalue weighted by Gasteiger charge is 2.11. The van der Waals surface area contributed by atoms with E-state index in [1.165, 1.54) is 25.7 Å². The number of Topliss-reactive ketones (excluding diaryl/α,β-unsaturated/α-hetero) is 1. The highest BCUT2D eigenvalue weighted by atomic mass is 16.1. The van der Waals surface area contributed by atoms with Crippen LogP contribution in [0.15, 0.2) is 0 Å². The Bertz CT molecular complexity index is 140. The van der Waals surface area contributed by atoms with Crippen LogP contribution in [0, 0.1) is 11.8 Å². The molecule has 1 nitrogen and oxygen atoms in total. The summed E-state index contributed by atoms with van der Waals surface area (Å²) in [5, 5.41) is 0. The van der Waals surface area contributed by atoms with Crippen molar-refractivity contribution in [3.63, 3.8) is 0 Å². The average Bonchev–Trinajstić information content (AvgIpc) is 2.04. The van der Waals surface area contributed by atoms with Gasteiger partial charge in [-0.1, -0.05) is 46.5 Å². The van der Waals surface area contributed by atoms with Gasteiger partial charge in [0.2, 0.25) is 0 Å². The largest absolute Gasteiger partial charge is 0.300 e. The molecule has 0 aromatic carbocycles. The quantitative estimate of drug-likeness (QED) is 0.550. The zero-order chi connectivity index (χ0) is 10.3. The Morgan fingerprint density at radius 1 is 1.23 bits per heavy atom. The number of hydrogen-bond acceptors (Lipinski definition) is 1. The second-order valence-electron chi connectivity index (χ2n) is 4.35. The summed E-state index contributed by atoms with van der Waals surface area (Å²) < 4.78 is 0. The minimum Gasteiger partial charge on any atom is -0.300 e. The van der Waals surface area contributed by atoms with Crippen LogP contribution in [0.2, 0.25) is 0 Å². The Morgan fingerprint density at radius 2 is 1.85 bits per heavy atom. The molecule has 0 radical (unpaired) electrons. The maximum atomic E-state index is 11.0. The Labute approximate surface area is 82.9 Å². The van der Waals surface area contributed by atoms with Crippen LogP contribution in [-0.4, -0.2) is 5.78 Å². The van der Waals surface area contributed by atoms with Crippen LogP contribution in [0.4, 0.5) is 0 Å². The number of carbonyl (C=O) groups excluding carboxylic acids is 1. The molecule has 0 aromatic rings. The van der Waals surface area contributed by atoms with Crippen molar-refractivity contribution < 1.29 is 4.79 Å². The summed E-state index contributed by atoms with van der Waals surface area (Å²) in [6.07, 6.45) is 6.29. The number of unbranched alkanes of at least 4 members (excludes halogenated alkanes) is 2. The van der Waals surface area contributed by atoms with Crippen molar-refractivity contribution in [2.45, 2.75) is 59.8 Å². The predicted molar refractivity (Wildman–Crippen MR) is 57.8 cm³/mol. The zero-order valence-electron chi connectivity index (χ0n) is 9.60. The van der Waals surface area contributed by atoms with E-state index in [0.717, 1.165) is 6.42 Å². The predicted octanol–water partition coefficient (Wildman–Crippen LogP) is 3.82. The first-order valence-electron chi connectivity index (χ1n) is 5.58. The van der Waals surface area contributed by atoms with Crippen molar-refractivity contribution >= 4 is 5.78 Å². The highest BCUT2D eigenvalue weighted by molar-refractivity contribution is 5.77. The van der Waals surface area contributed by atoms with Crippen LogP contribution >= 0.6 is 0 Å². The first-order valence-corrected chi connectivity index (χ1v) is 5.58. The molecule has 0 saturated heterocycles. The van der Waals surface area contributed by atoms with E-state index in [-0.39, 0.29) is 5.92 Å². The molecule has 0 N–H and O–H groups in total. The summed E-state index contributed by atoms with van der Waals surface area (Å²) in [5.74, 6) is 1.31. The van der Waals surface area contributed by atoms with E-state index in [1.54, 1.807) is 6.92 Å². The molecule has 1 heteroatoms. The van der Waals surface area contributed by atoms with Gasteiger partial charge in [-0.3, -0.25) is 4.79 Å². The second-order valence-corrected chi connectivity index (χ2v) is 4.35. The molecule has 2 unspecified atom stereocenters. The SMILES string of the molecule is CCCCCC(C)CC(C)C(C)=O. The van der Waals surface area contributed by atoms with Gasteiger partial charge in [0.25, 0.3) is 0 Å². The lowest BCUT2D eigenvalue weighted by molar-refractivity contribution is -0.120. The molecular weight excluding hydrogens is 160 g/mol. The first kappa shape index (κ1) is 12.7. The summed E-state index contributed by atoms with van der Waals surface area (Å²) in [7, 11) is 0. The van der Waals surface area contributed by atoms with Gasteiger partial charge < -0.3 is 0 Å². The molecule has 2 atom stereocenters. The molecular formula is C12H24O. The van der Waals surface area contributed by atoms with Crippen molar-refractivity contribution in [3.05, 3.63) is 0 Å². The summed E-state index contributed by atoms with van der Waals surface area (Å²) in [4.78, 5) is 11.0. The summed E-state index contributed by atoms with van der Waals surface area (Å²) in [6.45, 7) is 8.22. The molecule has 0 bridgehead atoms. The van der Waals surface area contributed by atoms with Gasteiger partial charge in [-0.25, -0.2) is 0 Å². The molecule has 0 aliphatic rings. The number of ketones is 1. The summed E-state index contributed by atoms with van der Waals surface area (Å²) in [5.41, 5.74) is 0. The highest BCUT2D eigenvalue weighted by Crippen LogP contribution is 2.18. The first-order chi connectivity index (χ1) is 6.07.